The van der Waals surface area contributed by atoms with Crippen LogP contribution in [0.25, 0.3) is 16.1 Å². The number of allylic oxidation sites excluding steroid dienone is 1. The average Bonchev–Trinajstić information content (AvgIpc) is 2.36. The SMILES string of the molecule is C=CCc1csc2sc3sccsc3sc2s1. The van der Waals surface area contributed by atoms with E-state index < -0.39 is 0 Å². The third-order valence-corrected chi connectivity index (χ3v) is 10.1. The Labute approximate surface area is 123 Å². The second-order valence-electron chi connectivity index (χ2n) is 3.16. The molecule has 3 heterocycles. The quantitative estimate of drug-likeness (QED) is 0.358. The van der Waals surface area contributed by atoms with Gasteiger partial charge < -0.3 is 0 Å². The molecule has 3 aromatic rings. The molecule has 3 rings (SSSR count). The van der Waals surface area contributed by atoms with Gasteiger partial charge >= 0.3 is 0 Å². The lowest BCUT2D eigenvalue weighted by molar-refractivity contribution is 1.36. The highest BCUT2D eigenvalue weighted by molar-refractivity contribution is 7.60. The zero-order chi connectivity index (χ0) is 11.7. The molecule has 0 bridgehead atoms. The Morgan fingerprint density at radius 1 is 0.882 bits per heavy atom. The Morgan fingerprint density at radius 2 is 1.53 bits per heavy atom. The van der Waals surface area contributed by atoms with Crippen LogP contribution in [0.15, 0.2) is 28.8 Å². The van der Waals surface area contributed by atoms with Crippen LogP contribution in [0.5, 0.6) is 0 Å². The van der Waals surface area contributed by atoms with Crippen LogP contribution >= 0.6 is 68.0 Å². The predicted molar refractivity (Wildman–Crippen MR) is 89.1 cm³/mol. The van der Waals surface area contributed by atoms with Crippen molar-refractivity contribution in [2.45, 2.75) is 6.42 Å². The maximum absolute atomic E-state index is 3.81. The summed E-state index contributed by atoms with van der Waals surface area (Å²) < 4.78 is 5.76. The van der Waals surface area contributed by atoms with E-state index >= 15 is 0 Å². The van der Waals surface area contributed by atoms with E-state index in [1.165, 1.54) is 20.9 Å². The molecule has 0 nitrogen and oxygen atoms in total. The second kappa shape index (κ2) is 5.34. The molecule has 0 saturated carbocycles. The molecule has 6 heteroatoms. The first-order chi connectivity index (χ1) is 8.36. The molecule has 0 N–H and O–H groups in total. The molecule has 88 valence electrons. The van der Waals surface area contributed by atoms with Gasteiger partial charge in [-0.3, -0.25) is 0 Å². The average molecular weight is 333 g/mol. The maximum atomic E-state index is 3.81. The molecule has 0 atom stereocenters. The molecular weight excluding hydrogens is 325 g/mol. The van der Waals surface area contributed by atoms with Crippen molar-refractivity contribution >= 4 is 84.1 Å². The van der Waals surface area contributed by atoms with Gasteiger partial charge in [-0.25, -0.2) is 0 Å². The van der Waals surface area contributed by atoms with Gasteiger partial charge in [-0.15, -0.1) is 74.6 Å². The zero-order valence-corrected chi connectivity index (χ0v) is 13.6. The third kappa shape index (κ3) is 2.57. The van der Waals surface area contributed by atoms with Crippen molar-refractivity contribution in [3.05, 3.63) is 33.7 Å². The Balaban J connectivity index is 2.28. The van der Waals surface area contributed by atoms with Crippen molar-refractivity contribution in [1.29, 1.82) is 0 Å². The maximum Gasteiger partial charge on any atom is 0.108 e. The Morgan fingerprint density at radius 3 is 2.24 bits per heavy atom. The van der Waals surface area contributed by atoms with Crippen molar-refractivity contribution < 1.29 is 0 Å². The van der Waals surface area contributed by atoms with Gasteiger partial charge in [-0.2, -0.15) is 0 Å². The van der Waals surface area contributed by atoms with Gasteiger partial charge in [0, 0.05) is 27.4 Å². The van der Waals surface area contributed by atoms with Crippen LogP contribution in [0.1, 0.15) is 4.88 Å². The van der Waals surface area contributed by atoms with Crippen molar-refractivity contribution in [2.24, 2.45) is 0 Å². The molecule has 0 aliphatic heterocycles. The lowest BCUT2D eigenvalue weighted by atomic mass is 10.4. The molecule has 0 fully saturated rings. The standard InChI is InChI=1S/C11H8S6/c1-2-3-7-6-14-10-11(15-7)17-9-8(16-10)12-4-5-13-9/h2,4-6H,1,3H2. The van der Waals surface area contributed by atoms with Crippen molar-refractivity contribution in [3.63, 3.8) is 0 Å². The van der Waals surface area contributed by atoms with E-state index in [1.807, 2.05) is 74.1 Å². The summed E-state index contributed by atoms with van der Waals surface area (Å²) in [5, 5.41) is 6.60. The van der Waals surface area contributed by atoms with E-state index in [4.69, 9.17) is 0 Å². The number of rotatable bonds is 2. The van der Waals surface area contributed by atoms with Crippen LogP contribution in [0, 0.1) is 0 Å². The van der Waals surface area contributed by atoms with Gasteiger partial charge in [0.15, 0.2) is 0 Å². The highest BCUT2D eigenvalue weighted by atomic mass is 32.2. The van der Waals surface area contributed by atoms with Gasteiger partial charge in [0.2, 0.25) is 0 Å². The topological polar surface area (TPSA) is 0 Å². The van der Waals surface area contributed by atoms with Gasteiger partial charge in [-0.05, 0) is 0 Å². The summed E-state index contributed by atoms with van der Waals surface area (Å²) in [6.45, 7) is 3.81. The summed E-state index contributed by atoms with van der Waals surface area (Å²) >= 11 is 11.3. The van der Waals surface area contributed by atoms with Crippen LogP contribution in [0.3, 0.4) is 0 Å². The molecule has 0 saturated heterocycles. The van der Waals surface area contributed by atoms with Crippen LogP contribution in [-0.2, 0) is 6.42 Å². The highest BCUT2D eigenvalue weighted by Gasteiger charge is 2.03. The summed E-state index contributed by atoms with van der Waals surface area (Å²) in [6, 6.07) is 0. The Kier molecular flexibility index (Phi) is 3.79. The normalized spacial score (nSPS) is 10.8. The molecule has 0 unspecified atom stereocenters. The van der Waals surface area contributed by atoms with Crippen LogP contribution in [0.4, 0.5) is 0 Å². The number of fused-ring (bicyclic) bond motifs is 2. The van der Waals surface area contributed by atoms with Crippen molar-refractivity contribution in [1.82, 2.24) is 0 Å². The fourth-order valence-corrected chi connectivity index (χ4v) is 9.11. The van der Waals surface area contributed by atoms with E-state index in [0.29, 0.717) is 0 Å². The smallest absolute Gasteiger partial charge is 0.108 e. The third-order valence-electron chi connectivity index (χ3n) is 1.98. The van der Waals surface area contributed by atoms with Gasteiger partial charge in [0.25, 0.3) is 0 Å². The van der Waals surface area contributed by atoms with Crippen molar-refractivity contribution in [2.75, 3.05) is 0 Å². The van der Waals surface area contributed by atoms with Gasteiger partial charge in [0.05, 0.1) is 0 Å². The monoisotopic (exact) mass is 332 g/mol. The second-order valence-corrected chi connectivity index (χ2v) is 10.1. The summed E-state index contributed by atoms with van der Waals surface area (Å²) in [7, 11) is 0. The van der Waals surface area contributed by atoms with E-state index in [2.05, 4.69) is 22.7 Å². The molecule has 17 heavy (non-hydrogen) atoms. The summed E-state index contributed by atoms with van der Waals surface area (Å²) in [5.74, 6) is 0. The minimum atomic E-state index is 0.980. The first-order valence-electron chi connectivity index (χ1n) is 4.84. The molecule has 0 spiro atoms. The van der Waals surface area contributed by atoms with Crippen LogP contribution < -0.4 is 0 Å². The molecule has 3 aromatic heterocycles. The summed E-state index contributed by atoms with van der Waals surface area (Å²) in [4.78, 5) is 1.41. The van der Waals surface area contributed by atoms with Gasteiger partial charge in [0.1, 0.15) is 16.1 Å². The van der Waals surface area contributed by atoms with Crippen LogP contribution in [0.2, 0.25) is 0 Å². The van der Waals surface area contributed by atoms with E-state index in [0.717, 1.165) is 6.42 Å². The first-order valence-corrected chi connectivity index (χ1v) is 9.92. The van der Waals surface area contributed by atoms with E-state index in [9.17, 15) is 0 Å². The van der Waals surface area contributed by atoms with Gasteiger partial charge in [-0.1, -0.05) is 6.08 Å². The predicted octanol–water partition coefficient (Wildman–Crippen LogP) is 6.78. The van der Waals surface area contributed by atoms with Crippen molar-refractivity contribution in [3.8, 4) is 0 Å². The lowest BCUT2D eigenvalue weighted by Crippen LogP contribution is -1.72. The molecular formula is C11H8S6. The highest BCUT2D eigenvalue weighted by Crippen LogP contribution is 2.41. The van der Waals surface area contributed by atoms with E-state index in [1.54, 1.807) is 0 Å². The fraction of sp³-hybridized carbons (Fsp3) is 0.0909. The minimum Gasteiger partial charge on any atom is -0.130 e. The Hall–Kier alpha value is 0.0200. The molecule has 0 aliphatic rings. The van der Waals surface area contributed by atoms with E-state index in [-0.39, 0.29) is 0 Å². The zero-order valence-electron chi connectivity index (χ0n) is 8.67. The molecule has 0 amide bonds. The molecule has 0 radical (unpaired) electrons. The number of hydrogen-bond acceptors (Lipinski definition) is 6. The lowest BCUT2D eigenvalue weighted by Gasteiger charge is -2.00. The Bertz CT molecular complexity index is 708. The number of hydrogen-bond donors (Lipinski definition) is 0. The summed E-state index contributed by atoms with van der Waals surface area (Å²) in [6.07, 6.45) is 2.96. The fourth-order valence-electron chi connectivity index (χ4n) is 1.29. The largest absolute Gasteiger partial charge is 0.130 e. The van der Waals surface area contributed by atoms with Crippen LogP contribution in [-0.4, -0.2) is 0 Å². The first kappa shape index (κ1) is 12.1. The summed E-state index contributed by atoms with van der Waals surface area (Å²) in [5.41, 5.74) is 0. The minimum absolute atomic E-state index is 0.980. The molecule has 0 aliphatic carbocycles. The molecule has 0 aromatic carbocycles.